The van der Waals surface area contributed by atoms with E-state index in [1.54, 1.807) is 0 Å². The van der Waals surface area contributed by atoms with Crippen molar-refractivity contribution in [3.63, 3.8) is 0 Å². The van der Waals surface area contributed by atoms with E-state index in [2.05, 4.69) is 39.3 Å². The van der Waals surface area contributed by atoms with Crippen LogP contribution in [0.2, 0.25) is 0 Å². The van der Waals surface area contributed by atoms with Crippen LogP contribution in [0, 0.1) is 11.8 Å². The molecule has 0 aliphatic carbocycles. The third kappa shape index (κ3) is 4.43. The molecular weight excluding hydrogens is 427 g/mol. The summed E-state index contributed by atoms with van der Waals surface area (Å²) in [4.78, 5) is 6.85. The van der Waals surface area contributed by atoms with Gasteiger partial charge in [-0.05, 0) is 30.4 Å². The molecule has 0 aromatic carbocycles. The minimum Gasteiger partial charge on any atom is -0.349 e. The molecule has 3 heterocycles. The number of likely N-dealkylation sites (tertiary alicyclic amines) is 1. The lowest BCUT2D eigenvalue weighted by atomic mass is 9.87. The minimum atomic E-state index is 0. The highest BCUT2D eigenvalue weighted by Crippen LogP contribution is 2.28. The normalized spacial score (nSPS) is 18.0. The SMILES string of the molecule is CCC(CC)C1CCN(C(=NC)NCc2nnc3ccccn23)C1.I. The van der Waals surface area contributed by atoms with Gasteiger partial charge in [0.15, 0.2) is 17.4 Å². The molecule has 138 valence electrons. The van der Waals surface area contributed by atoms with E-state index in [0.29, 0.717) is 6.54 Å². The molecule has 6 nitrogen and oxygen atoms in total. The number of nitrogens with one attached hydrogen (secondary N) is 1. The van der Waals surface area contributed by atoms with E-state index in [1.807, 2.05) is 35.8 Å². The smallest absolute Gasteiger partial charge is 0.194 e. The molecule has 1 fully saturated rings. The van der Waals surface area contributed by atoms with Crippen molar-refractivity contribution < 1.29 is 0 Å². The summed E-state index contributed by atoms with van der Waals surface area (Å²) >= 11 is 0. The van der Waals surface area contributed by atoms with Crippen LogP contribution in [-0.2, 0) is 6.54 Å². The van der Waals surface area contributed by atoms with Crippen LogP contribution in [0.1, 0.15) is 38.9 Å². The number of pyridine rings is 1. The molecule has 25 heavy (non-hydrogen) atoms. The van der Waals surface area contributed by atoms with E-state index in [9.17, 15) is 0 Å². The molecule has 1 aliphatic heterocycles. The van der Waals surface area contributed by atoms with Crippen molar-refractivity contribution in [3.8, 4) is 0 Å². The predicted molar refractivity (Wildman–Crippen MR) is 112 cm³/mol. The first kappa shape index (κ1) is 19.9. The third-order valence-corrected chi connectivity index (χ3v) is 5.24. The predicted octanol–water partition coefficient (Wildman–Crippen LogP) is 3.18. The standard InChI is InChI=1S/C18H28N6.HI/c1-4-14(5-2)15-9-11-23(13-15)18(19-3)20-12-17-22-21-16-8-6-7-10-24(16)17;/h6-8,10,14-15H,4-5,9,11-13H2,1-3H3,(H,19,20);1H. The summed E-state index contributed by atoms with van der Waals surface area (Å²) in [7, 11) is 1.86. The number of nitrogens with zero attached hydrogens (tertiary/aromatic N) is 5. The van der Waals surface area contributed by atoms with E-state index < -0.39 is 0 Å². The summed E-state index contributed by atoms with van der Waals surface area (Å²) in [5.74, 6) is 3.49. The lowest BCUT2D eigenvalue weighted by Gasteiger charge is -2.24. The summed E-state index contributed by atoms with van der Waals surface area (Å²) in [6, 6.07) is 5.93. The number of fused-ring (bicyclic) bond motifs is 1. The molecule has 0 spiro atoms. The molecule has 1 saturated heterocycles. The van der Waals surface area contributed by atoms with Crippen LogP contribution in [0.25, 0.3) is 5.65 Å². The van der Waals surface area contributed by atoms with Crippen LogP contribution in [0.4, 0.5) is 0 Å². The molecule has 0 amide bonds. The molecule has 1 unspecified atom stereocenters. The summed E-state index contributed by atoms with van der Waals surface area (Å²) in [6.45, 7) is 7.43. The Morgan fingerprint density at radius 1 is 1.32 bits per heavy atom. The fourth-order valence-corrected chi connectivity index (χ4v) is 3.82. The molecule has 2 aromatic rings. The summed E-state index contributed by atoms with van der Waals surface area (Å²) < 4.78 is 2.01. The zero-order valence-corrected chi connectivity index (χ0v) is 17.7. The molecule has 2 aromatic heterocycles. The maximum absolute atomic E-state index is 4.47. The van der Waals surface area contributed by atoms with Crippen LogP contribution in [-0.4, -0.2) is 45.6 Å². The quantitative estimate of drug-likeness (QED) is 0.427. The zero-order valence-electron chi connectivity index (χ0n) is 15.4. The van der Waals surface area contributed by atoms with Crippen LogP contribution < -0.4 is 5.32 Å². The van der Waals surface area contributed by atoms with E-state index >= 15 is 0 Å². The summed E-state index contributed by atoms with van der Waals surface area (Å²) in [6.07, 6.45) is 5.80. The molecule has 1 aliphatic rings. The second kappa shape index (κ2) is 9.35. The summed E-state index contributed by atoms with van der Waals surface area (Å²) in [5.41, 5.74) is 0.874. The first-order valence-electron chi connectivity index (χ1n) is 9.01. The van der Waals surface area contributed by atoms with Crippen LogP contribution >= 0.6 is 24.0 Å². The Morgan fingerprint density at radius 2 is 2.12 bits per heavy atom. The van der Waals surface area contributed by atoms with Gasteiger partial charge in [0.25, 0.3) is 0 Å². The van der Waals surface area contributed by atoms with Gasteiger partial charge < -0.3 is 10.2 Å². The van der Waals surface area contributed by atoms with Gasteiger partial charge in [0.2, 0.25) is 0 Å². The van der Waals surface area contributed by atoms with Gasteiger partial charge in [-0.3, -0.25) is 9.39 Å². The fraction of sp³-hybridized carbons (Fsp3) is 0.611. The Balaban J connectivity index is 0.00000225. The Kier molecular flexibility index (Phi) is 7.46. The van der Waals surface area contributed by atoms with Crippen LogP contribution in [0.3, 0.4) is 0 Å². The van der Waals surface area contributed by atoms with E-state index in [-0.39, 0.29) is 24.0 Å². The maximum atomic E-state index is 4.47. The number of hydrogen-bond donors (Lipinski definition) is 1. The second-order valence-corrected chi connectivity index (χ2v) is 6.52. The van der Waals surface area contributed by atoms with Gasteiger partial charge in [-0.2, -0.15) is 0 Å². The molecule has 3 rings (SSSR count). The maximum Gasteiger partial charge on any atom is 0.194 e. The molecule has 0 bridgehead atoms. The molecule has 1 N–H and O–H groups in total. The first-order valence-corrected chi connectivity index (χ1v) is 9.01. The van der Waals surface area contributed by atoms with Crippen molar-refractivity contribution in [3.05, 3.63) is 30.2 Å². The summed E-state index contributed by atoms with van der Waals surface area (Å²) in [5, 5.41) is 11.9. The largest absolute Gasteiger partial charge is 0.349 e. The Labute approximate surface area is 167 Å². The fourth-order valence-electron chi connectivity index (χ4n) is 3.82. The molecular formula is C18H29IN6. The van der Waals surface area contributed by atoms with Crippen LogP contribution in [0.15, 0.2) is 29.4 Å². The highest BCUT2D eigenvalue weighted by Gasteiger charge is 2.29. The van der Waals surface area contributed by atoms with Crippen molar-refractivity contribution in [1.82, 2.24) is 24.8 Å². The lowest BCUT2D eigenvalue weighted by Crippen LogP contribution is -2.40. The number of hydrogen-bond acceptors (Lipinski definition) is 3. The monoisotopic (exact) mass is 456 g/mol. The van der Waals surface area contributed by atoms with Crippen molar-refractivity contribution in [2.75, 3.05) is 20.1 Å². The first-order chi connectivity index (χ1) is 11.8. The Morgan fingerprint density at radius 3 is 2.84 bits per heavy atom. The number of rotatable bonds is 5. The van der Waals surface area contributed by atoms with Gasteiger partial charge >= 0.3 is 0 Å². The van der Waals surface area contributed by atoms with Gasteiger partial charge in [-0.15, -0.1) is 34.2 Å². The number of halogens is 1. The van der Waals surface area contributed by atoms with E-state index in [0.717, 1.165) is 42.4 Å². The molecule has 0 radical (unpaired) electrons. The average Bonchev–Trinajstić information content (AvgIpc) is 3.25. The highest BCUT2D eigenvalue weighted by molar-refractivity contribution is 14.0. The Hall–Kier alpha value is -1.38. The van der Waals surface area contributed by atoms with Crippen molar-refractivity contribution in [2.45, 2.75) is 39.7 Å². The minimum absolute atomic E-state index is 0. The number of aliphatic imine (C=N–C) groups is 1. The van der Waals surface area contributed by atoms with Gasteiger partial charge in [0.05, 0.1) is 6.54 Å². The lowest BCUT2D eigenvalue weighted by molar-refractivity contribution is 0.319. The van der Waals surface area contributed by atoms with E-state index in [1.165, 1.54) is 19.3 Å². The van der Waals surface area contributed by atoms with Crippen LogP contribution in [0.5, 0.6) is 0 Å². The third-order valence-electron chi connectivity index (χ3n) is 5.24. The number of guanidine groups is 1. The van der Waals surface area contributed by atoms with Gasteiger partial charge in [0, 0.05) is 26.3 Å². The van der Waals surface area contributed by atoms with Gasteiger partial charge in [-0.25, -0.2) is 0 Å². The Bertz CT molecular complexity index is 694. The topological polar surface area (TPSA) is 57.8 Å². The zero-order chi connectivity index (χ0) is 16.9. The van der Waals surface area contributed by atoms with E-state index in [4.69, 9.17) is 0 Å². The highest BCUT2D eigenvalue weighted by atomic mass is 127. The second-order valence-electron chi connectivity index (χ2n) is 6.52. The van der Waals surface area contributed by atoms with Crippen molar-refractivity contribution in [1.29, 1.82) is 0 Å². The molecule has 1 atom stereocenters. The van der Waals surface area contributed by atoms with Gasteiger partial charge in [-0.1, -0.05) is 32.8 Å². The molecule has 0 saturated carbocycles. The van der Waals surface area contributed by atoms with Crippen molar-refractivity contribution >= 4 is 35.6 Å². The van der Waals surface area contributed by atoms with Gasteiger partial charge in [0.1, 0.15) is 0 Å². The van der Waals surface area contributed by atoms with Crippen molar-refractivity contribution in [2.24, 2.45) is 16.8 Å². The average molecular weight is 456 g/mol. The number of aromatic nitrogens is 3. The molecule has 7 heteroatoms.